The highest BCUT2D eigenvalue weighted by atomic mass is 35.5. The summed E-state index contributed by atoms with van der Waals surface area (Å²) < 4.78 is 26.5. The van der Waals surface area contributed by atoms with Crippen LogP contribution in [-0.2, 0) is 6.42 Å². The monoisotopic (exact) mass is 253 g/mol. The van der Waals surface area contributed by atoms with Gasteiger partial charge in [-0.1, -0.05) is 11.6 Å². The molecule has 2 aromatic rings. The molecule has 0 saturated heterocycles. The fourth-order valence-corrected chi connectivity index (χ4v) is 1.72. The van der Waals surface area contributed by atoms with Crippen molar-refractivity contribution >= 4 is 11.6 Å². The Balaban J connectivity index is 2.31. The van der Waals surface area contributed by atoms with Gasteiger partial charge in [-0.2, -0.15) is 0 Å². The number of aromatic nitrogens is 1. The molecule has 1 aromatic carbocycles. The van der Waals surface area contributed by atoms with Crippen LogP contribution in [0.3, 0.4) is 0 Å². The van der Waals surface area contributed by atoms with Crippen LogP contribution in [0.2, 0.25) is 5.02 Å². The molecule has 0 aliphatic rings. The fourth-order valence-electron chi connectivity index (χ4n) is 1.61. The molecular formula is C13H10ClF2N. The smallest absolute Gasteiger partial charge is 0.145 e. The summed E-state index contributed by atoms with van der Waals surface area (Å²) in [4.78, 5) is 4.14. The lowest BCUT2D eigenvalue weighted by atomic mass is 10.1. The zero-order valence-electron chi connectivity index (χ0n) is 9.17. The maximum atomic E-state index is 13.2. The summed E-state index contributed by atoms with van der Waals surface area (Å²) in [6.07, 6.45) is 2.06. The zero-order chi connectivity index (χ0) is 12.4. The number of hydrogen-bond donors (Lipinski definition) is 0. The van der Waals surface area contributed by atoms with E-state index >= 15 is 0 Å². The second-order valence-corrected chi connectivity index (χ2v) is 4.25. The van der Waals surface area contributed by atoms with Crippen LogP contribution in [0.5, 0.6) is 0 Å². The normalized spacial score (nSPS) is 10.6. The lowest BCUT2D eigenvalue weighted by molar-refractivity contribution is 0.581. The van der Waals surface area contributed by atoms with E-state index in [4.69, 9.17) is 11.6 Å². The molecule has 0 unspecified atom stereocenters. The number of benzene rings is 1. The van der Waals surface area contributed by atoms with Crippen molar-refractivity contribution in [3.05, 3.63) is 63.9 Å². The van der Waals surface area contributed by atoms with Gasteiger partial charge in [-0.25, -0.2) is 8.78 Å². The standard InChI is InChI=1S/C13H10ClF2N/c1-8-2-3-17-10(4-8)5-9-6-11(15)13(14)12(16)7-9/h2-4,6-7H,5H2,1H3. The Morgan fingerprint density at radius 3 is 2.41 bits per heavy atom. The number of pyridine rings is 1. The number of rotatable bonds is 2. The predicted molar refractivity (Wildman–Crippen MR) is 63.1 cm³/mol. The van der Waals surface area contributed by atoms with E-state index in [2.05, 4.69) is 4.98 Å². The molecule has 1 heterocycles. The fraction of sp³-hybridized carbons (Fsp3) is 0.154. The summed E-state index contributed by atoms with van der Waals surface area (Å²) >= 11 is 5.41. The summed E-state index contributed by atoms with van der Waals surface area (Å²) in [5, 5.41) is -0.467. The van der Waals surface area contributed by atoms with Gasteiger partial charge in [0.25, 0.3) is 0 Å². The van der Waals surface area contributed by atoms with Crippen LogP contribution >= 0.6 is 11.6 Å². The van der Waals surface area contributed by atoms with E-state index in [1.807, 2.05) is 19.1 Å². The molecule has 0 spiro atoms. The predicted octanol–water partition coefficient (Wildman–Crippen LogP) is 3.91. The summed E-state index contributed by atoms with van der Waals surface area (Å²) in [7, 11) is 0. The van der Waals surface area contributed by atoms with E-state index < -0.39 is 16.7 Å². The van der Waals surface area contributed by atoms with Gasteiger partial charge < -0.3 is 0 Å². The molecule has 1 nitrogen and oxygen atoms in total. The Labute approximate surface area is 103 Å². The minimum absolute atomic E-state index is 0.382. The third-order valence-corrected chi connectivity index (χ3v) is 2.76. The van der Waals surface area contributed by atoms with Crippen LogP contribution in [0, 0.1) is 18.6 Å². The highest BCUT2D eigenvalue weighted by molar-refractivity contribution is 6.30. The summed E-state index contributed by atoms with van der Waals surface area (Å²) in [6.45, 7) is 1.94. The molecule has 88 valence electrons. The van der Waals surface area contributed by atoms with Crippen molar-refractivity contribution in [2.24, 2.45) is 0 Å². The first-order valence-corrected chi connectivity index (χ1v) is 5.49. The van der Waals surface area contributed by atoms with Crippen LogP contribution < -0.4 is 0 Å². The van der Waals surface area contributed by atoms with Gasteiger partial charge in [0.05, 0.1) is 0 Å². The first-order valence-electron chi connectivity index (χ1n) is 5.11. The average Bonchev–Trinajstić information content (AvgIpc) is 2.26. The average molecular weight is 254 g/mol. The number of nitrogens with zero attached hydrogens (tertiary/aromatic N) is 1. The molecule has 0 atom stereocenters. The van der Waals surface area contributed by atoms with E-state index in [-0.39, 0.29) is 0 Å². The maximum absolute atomic E-state index is 13.2. The van der Waals surface area contributed by atoms with E-state index in [0.29, 0.717) is 12.0 Å². The molecule has 0 saturated carbocycles. The minimum atomic E-state index is -0.741. The van der Waals surface area contributed by atoms with Gasteiger partial charge in [-0.15, -0.1) is 0 Å². The molecule has 0 amide bonds. The molecule has 4 heteroatoms. The molecular weight excluding hydrogens is 244 g/mol. The minimum Gasteiger partial charge on any atom is -0.261 e. The van der Waals surface area contributed by atoms with Gasteiger partial charge in [0, 0.05) is 18.3 Å². The van der Waals surface area contributed by atoms with Crippen molar-refractivity contribution in [2.75, 3.05) is 0 Å². The molecule has 0 aliphatic carbocycles. The maximum Gasteiger partial charge on any atom is 0.145 e. The second kappa shape index (κ2) is 4.80. The van der Waals surface area contributed by atoms with Gasteiger partial charge in [0.15, 0.2) is 0 Å². The SMILES string of the molecule is Cc1ccnc(Cc2cc(F)c(Cl)c(F)c2)c1. The van der Waals surface area contributed by atoms with Crippen molar-refractivity contribution in [3.8, 4) is 0 Å². The zero-order valence-corrected chi connectivity index (χ0v) is 9.93. The first-order chi connectivity index (χ1) is 8.06. The van der Waals surface area contributed by atoms with Gasteiger partial charge in [0.2, 0.25) is 0 Å². The molecule has 0 radical (unpaired) electrons. The summed E-state index contributed by atoms with van der Waals surface area (Å²) in [5.41, 5.74) is 2.35. The third kappa shape index (κ3) is 2.80. The third-order valence-electron chi connectivity index (χ3n) is 2.40. The highest BCUT2D eigenvalue weighted by Gasteiger charge is 2.09. The van der Waals surface area contributed by atoms with Gasteiger partial charge >= 0.3 is 0 Å². The summed E-state index contributed by atoms with van der Waals surface area (Å²) in [5.74, 6) is -1.48. The lowest BCUT2D eigenvalue weighted by Crippen LogP contribution is -1.95. The van der Waals surface area contributed by atoms with Gasteiger partial charge in [-0.05, 0) is 42.3 Å². The summed E-state index contributed by atoms with van der Waals surface area (Å²) in [6, 6.07) is 6.21. The molecule has 2 rings (SSSR count). The Hall–Kier alpha value is -1.48. The largest absolute Gasteiger partial charge is 0.261 e. The van der Waals surface area contributed by atoms with Crippen molar-refractivity contribution in [1.29, 1.82) is 0 Å². The van der Waals surface area contributed by atoms with E-state index in [9.17, 15) is 8.78 Å². The Morgan fingerprint density at radius 1 is 1.18 bits per heavy atom. The lowest BCUT2D eigenvalue weighted by Gasteiger charge is -2.04. The topological polar surface area (TPSA) is 12.9 Å². The van der Waals surface area contributed by atoms with Crippen LogP contribution in [0.15, 0.2) is 30.5 Å². The molecule has 0 bridgehead atoms. The molecule has 0 N–H and O–H groups in total. The second-order valence-electron chi connectivity index (χ2n) is 3.87. The van der Waals surface area contributed by atoms with Gasteiger partial charge in [-0.3, -0.25) is 4.98 Å². The van der Waals surface area contributed by atoms with Crippen LogP contribution in [0.4, 0.5) is 8.78 Å². The van der Waals surface area contributed by atoms with Crippen molar-refractivity contribution in [3.63, 3.8) is 0 Å². The quantitative estimate of drug-likeness (QED) is 0.740. The Bertz CT molecular complexity index is 532. The molecule has 17 heavy (non-hydrogen) atoms. The van der Waals surface area contributed by atoms with Crippen LogP contribution in [0.25, 0.3) is 0 Å². The number of halogens is 3. The van der Waals surface area contributed by atoms with Crippen LogP contribution in [-0.4, -0.2) is 4.98 Å². The van der Waals surface area contributed by atoms with E-state index in [1.165, 1.54) is 12.1 Å². The molecule has 0 fully saturated rings. The number of hydrogen-bond acceptors (Lipinski definition) is 1. The van der Waals surface area contributed by atoms with Gasteiger partial charge in [0.1, 0.15) is 16.7 Å². The van der Waals surface area contributed by atoms with Crippen molar-refractivity contribution in [1.82, 2.24) is 4.98 Å². The van der Waals surface area contributed by atoms with Crippen LogP contribution in [0.1, 0.15) is 16.8 Å². The highest BCUT2D eigenvalue weighted by Crippen LogP contribution is 2.21. The van der Waals surface area contributed by atoms with E-state index in [0.717, 1.165) is 11.3 Å². The van der Waals surface area contributed by atoms with E-state index in [1.54, 1.807) is 6.20 Å². The Morgan fingerprint density at radius 2 is 1.82 bits per heavy atom. The molecule has 1 aromatic heterocycles. The number of aryl methyl sites for hydroxylation is 1. The molecule has 0 aliphatic heterocycles. The van der Waals surface area contributed by atoms with Crippen molar-refractivity contribution < 1.29 is 8.78 Å². The Kier molecular flexibility index (Phi) is 3.38. The van der Waals surface area contributed by atoms with Crippen molar-refractivity contribution in [2.45, 2.75) is 13.3 Å². The first kappa shape index (κ1) is 12.0.